The van der Waals surface area contributed by atoms with E-state index in [-0.39, 0.29) is 0 Å². The van der Waals surface area contributed by atoms with E-state index in [0.29, 0.717) is 0 Å². The number of halogens is 2. The molecule has 0 atom stereocenters. The predicted molar refractivity (Wildman–Crippen MR) is 59.1 cm³/mol. The van der Waals surface area contributed by atoms with Crippen LogP contribution in [0.3, 0.4) is 0 Å². The molecular weight excluding hydrogens is 245 g/mol. The second kappa shape index (κ2) is 5.53. The van der Waals surface area contributed by atoms with Gasteiger partial charge in [0.1, 0.15) is 0 Å². The van der Waals surface area contributed by atoms with Gasteiger partial charge in [-0.2, -0.15) is 8.42 Å². The predicted octanol–water partition coefficient (Wildman–Crippen LogP) is 2.72. The van der Waals surface area contributed by atoms with Gasteiger partial charge >= 0.3 is 8.26 Å². The fraction of sp³-hybridized carbons (Fsp3) is 0.375. The molecule has 0 fully saturated rings. The number of hydrogen-bond acceptors (Lipinski definition) is 3. The van der Waals surface area contributed by atoms with Crippen LogP contribution in [-0.4, -0.2) is 13.4 Å². The molecule has 1 aromatic rings. The van der Waals surface area contributed by atoms with Crippen molar-refractivity contribution >= 4 is 29.6 Å². The van der Waals surface area contributed by atoms with Crippen LogP contribution in [0, 0.1) is 20.8 Å². The fourth-order valence-electron chi connectivity index (χ4n) is 0.768. The number of hydrogen-bond donors (Lipinski definition) is 0. The third-order valence-corrected chi connectivity index (χ3v) is 1.73. The number of rotatable bonds is 0. The Morgan fingerprint density at radius 3 is 1.93 bits per heavy atom. The van der Waals surface area contributed by atoms with Crippen LogP contribution in [-0.2, 0) is 8.26 Å². The number of aryl methyl sites for hydroxylation is 2. The Labute approximate surface area is 93.0 Å². The van der Waals surface area contributed by atoms with E-state index in [1.807, 2.05) is 19.2 Å². The first-order valence-electron chi connectivity index (χ1n) is 3.75. The molecule has 0 unspecified atom stereocenters. The Morgan fingerprint density at radius 2 is 1.64 bits per heavy atom. The van der Waals surface area contributed by atoms with Gasteiger partial charge in [0.15, 0.2) is 0 Å². The normalized spacial score (nSPS) is 10.4. The van der Waals surface area contributed by atoms with Crippen molar-refractivity contribution in [2.45, 2.75) is 20.8 Å². The summed E-state index contributed by atoms with van der Waals surface area (Å²) in [6.45, 7) is 6.23. The highest BCUT2D eigenvalue weighted by Gasteiger charge is 1.93. The van der Waals surface area contributed by atoms with Gasteiger partial charge in [-0.05, 0) is 38.0 Å². The summed E-state index contributed by atoms with van der Waals surface area (Å²) in [6.07, 6.45) is 1.84. The van der Waals surface area contributed by atoms with Gasteiger partial charge in [-0.15, -0.1) is 0 Å². The van der Waals surface area contributed by atoms with Gasteiger partial charge in [0.25, 0.3) is 0 Å². The fourth-order valence-corrected chi connectivity index (χ4v) is 0.768. The Balaban J connectivity index is 0.000000292. The first-order chi connectivity index (χ1) is 6.22. The second-order valence-corrected chi connectivity index (χ2v) is 6.38. The standard InChI is InChI=1S/C8H11N.Cl2O2S/c1-6-4-5-9-8(3)7(6)2;1-5(2,3)4/h4-5H,1-3H3;. The van der Waals surface area contributed by atoms with E-state index in [1.165, 1.54) is 11.1 Å². The van der Waals surface area contributed by atoms with Gasteiger partial charge in [-0.25, -0.2) is 0 Å². The minimum atomic E-state index is -3.72. The van der Waals surface area contributed by atoms with Crippen molar-refractivity contribution in [1.29, 1.82) is 0 Å². The van der Waals surface area contributed by atoms with Crippen LogP contribution in [0.25, 0.3) is 0 Å². The molecule has 0 bridgehead atoms. The Kier molecular flexibility index (Phi) is 5.41. The van der Waals surface area contributed by atoms with Crippen LogP contribution in [0.15, 0.2) is 12.3 Å². The molecule has 0 N–H and O–H groups in total. The van der Waals surface area contributed by atoms with Crippen molar-refractivity contribution < 1.29 is 8.42 Å². The minimum Gasteiger partial charge on any atom is -0.261 e. The van der Waals surface area contributed by atoms with Gasteiger partial charge < -0.3 is 0 Å². The lowest BCUT2D eigenvalue weighted by atomic mass is 10.1. The quantitative estimate of drug-likeness (QED) is 0.670. The molecule has 0 aliphatic carbocycles. The Morgan fingerprint density at radius 1 is 1.21 bits per heavy atom. The summed E-state index contributed by atoms with van der Waals surface area (Å²) in [5, 5.41) is 0. The van der Waals surface area contributed by atoms with Gasteiger partial charge in [-0.3, -0.25) is 4.98 Å². The molecular formula is C8H11Cl2NO2S. The third kappa shape index (κ3) is 7.12. The summed E-state index contributed by atoms with van der Waals surface area (Å²) >= 11 is 0. The van der Waals surface area contributed by atoms with E-state index in [1.54, 1.807) is 0 Å². The minimum absolute atomic E-state index is 1.13. The average molecular weight is 256 g/mol. The molecule has 0 amide bonds. The van der Waals surface area contributed by atoms with Gasteiger partial charge in [0.05, 0.1) is 0 Å². The highest BCUT2D eigenvalue weighted by Crippen LogP contribution is 2.06. The maximum Gasteiger partial charge on any atom is 0.317 e. The SMILES string of the molecule is Cc1ccnc(C)c1C.O=S(=O)(Cl)Cl. The van der Waals surface area contributed by atoms with Crippen LogP contribution in [0.2, 0.25) is 0 Å². The summed E-state index contributed by atoms with van der Waals surface area (Å²) in [5.74, 6) is 0. The molecule has 0 aliphatic rings. The molecule has 0 saturated heterocycles. The van der Waals surface area contributed by atoms with Crippen molar-refractivity contribution in [3.05, 3.63) is 29.1 Å². The molecule has 3 nitrogen and oxygen atoms in total. The molecule has 14 heavy (non-hydrogen) atoms. The highest BCUT2D eigenvalue weighted by atomic mass is 36.0. The lowest BCUT2D eigenvalue weighted by molar-refractivity contribution is 0.621. The maximum atomic E-state index is 9.16. The number of pyridine rings is 1. The molecule has 0 spiro atoms. The highest BCUT2D eigenvalue weighted by molar-refractivity contribution is 8.31. The van der Waals surface area contributed by atoms with Crippen molar-refractivity contribution in [2.24, 2.45) is 0 Å². The van der Waals surface area contributed by atoms with E-state index >= 15 is 0 Å². The second-order valence-electron chi connectivity index (χ2n) is 2.72. The topological polar surface area (TPSA) is 47.0 Å². The van der Waals surface area contributed by atoms with E-state index < -0.39 is 8.26 Å². The van der Waals surface area contributed by atoms with Crippen molar-refractivity contribution in [3.8, 4) is 0 Å². The van der Waals surface area contributed by atoms with Crippen LogP contribution >= 0.6 is 21.4 Å². The molecule has 6 heteroatoms. The zero-order valence-corrected chi connectivity index (χ0v) is 10.4. The van der Waals surface area contributed by atoms with Crippen LogP contribution in [0.5, 0.6) is 0 Å². The van der Waals surface area contributed by atoms with Crippen molar-refractivity contribution in [1.82, 2.24) is 4.98 Å². The smallest absolute Gasteiger partial charge is 0.261 e. The Hall–Kier alpha value is -0.320. The molecule has 0 aliphatic heterocycles. The largest absolute Gasteiger partial charge is 0.317 e. The van der Waals surface area contributed by atoms with Gasteiger partial charge in [0.2, 0.25) is 0 Å². The molecule has 1 rings (SSSR count). The monoisotopic (exact) mass is 255 g/mol. The van der Waals surface area contributed by atoms with Gasteiger partial charge in [0, 0.05) is 33.3 Å². The van der Waals surface area contributed by atoms with E-state index in [2.05, 4.69) is 40.2 Å². The number of aromatic nitrogens is 1. The lowest BCUT2D eigenvalue weighted by Crippen LogP contribution is -1.87. The number of nitrogens with zero attached hydrogens (tertiary/aromatic N) is 1. The zero-order valence-electron chi connectivity index (χ0n) is 8.08. The zero-order chi connectivity index (χ0) is 11.4. The van der Waals surface area contributed by atoms with Gasteiger partial charge in [-0.1, -0.05) is 0 Å². The summed E-state index contributed by atoms with van der Waals surface area (Å²) in [6, 6.07) is 2.03. The Bertz CT molecular complexity index is 376. The molecule has 1 heterocycles. The average Bonchev–Trinajstić information content (AvgIpc) is 1.97. The molecule has 0 aromatic carbocycles. The van der Waals surface area contributed by atoms with E-state index in [9.17, 15) is 0 Å². The molecule has 1 aromatic heterocycles. The lowest BCUT2D eigenvalue weighted by Gasteiger charge is -1.99. The van der Waals surface area contributed by atoms with E-state index in [4.69, 9.17) is 8.42 Å². The van der Waals surface area contributed by atoms with Crippen LogP contribution in [0.1, 0.15) is 16.8 Å². The molecule has 0 radical (unpaired) electrons. The molecule has 0 saturated carbocycles. The first kappa shape index (κ1) is 13.7. The summed E-state index contributed by atoms with van der Waals surface area (Å²) in [5.41, 5.74) is 3.76. The van der Waals surface area contributed by atoms with E-state index in [0.717, 1.165) is 5.69 Å². The maximum absolute atomic E-state index is 9.16. The van der Waals surface area contributed by atoms with Crippen LogP contribution in [0.4, 0.5) is 0 Å². The third-order valence-electron chi connectivity index (χ3n) is 1.73. The summed E-state index contributed by atoms with van der Waals surface area (Å²) in [7, 11) is 4.81. The summed E-state index contributed by atoms with van der Waals surface area (Å²) in [4.78, 5) is 4.14. The first-order valence-corrected chi connectivity index (χ1v) is 6.88. The molecule has 80 valence electrons. The summed E-state index contributed by atoms with van der Waals surface area (Å²) < 4.78 is 18.3. The van der Waals surface area contributed by atoms with Crippen molar-refractivity contribution in [3.63, 3.8) is 0 Å². The van der Waals surface area contributed by atoms with Crippen molar-refractivity contribution in [2.75, 3.05) is 0 Å². The van der Waals surface area contributed by atoms with Crippen LogP contribution < -0.4 is 0 Å².